The third-order valence-corrected chi connectivity index (χ3v) is 2.31. The SMILES string of the molecule is COC(=O)c1cc2cnc(Br)cc2[nH]1. The van der Waals surface area contributed by atoms with Crippen molar-refractivity contribution in [3.05, 3.63) is 28.6 Å². The van der Waals surface area contributed by atoms with Crippen LogP contribution >= 0.6 is 15.9 Å². The molecule has 72 valence electrons. The minimum atomic E-state index is -0.377. The number of nitrogens with one attached hydrogen (secondary N) is 1. The molecule has 0 aliphatic heterocycles. The molecule has 0 spiro atoms. The molecule has 2 aromatic heterocycles. The maximum atomic E-state index is 11.2. The summed E-state index contributed by atoms with van der Waals surface area (Å²) in [4.78, 5) is 18.2. The Morgan fingerprint density at radius 2 is 2.36 bits per heavy atom. The molecule has 0 saturated heterocycles. The first-order valence-corrected chi connectivity index (χ1v) is 4.72. The molecule has 0 bridgehead atoms. The number of halogens is 1. The highest BCUT2D eigenvalue weighted by atomic mass is 79.9. The lowest BCUT2D eigenvalue weighted by Gasteiger charge is -1.92. The molecule has 2 aromatic rings. The molecule has 0 radical (unpaired) electrons. The Kier molecular flexibility index (Phi) is 2.25. The number of carbonyl (C=O) groups excluding carboxylic acids is 1. The summed E-state index contributed by atoms with van der Waals surface area (Å²) >= 11 is 3.25. The van der Waals surface area contributed by atoms with Crippen LogP contribution in [0.4, 0.5) is 0 Å². The van der Waals surface area contributed by atoms with Crippen LogP contribution in [-0.2, 0) is 4.74 Å². The average molecular weight is 255 g/mol. The molecule has 1 N–H and O–H groups in total. The quantitative estimate of drug-likeness (QED) is 0.627. The highest BCUT2D eigenvalue weighted by Gasteiger charge is 2.09. The number of fused-ring (bicyclic) bond motifs is 1. The van der Waals surface area contributed by atoms with Crippen molar-refractivity contribution in [3.63, 3.8) is 0 Å². The fraction of sp³-hybridized carbons (Fsp3) is 0.111. The molecular weight excluding hydrogens is 248 g/mol. The first-order chi connectivity index (χ1) is 6.70. The van der Waals surface area contributed by atoms with Crippen LogP contribution in [0.25, 0.3) is 10.9 Å². The van der Waals surface area contributed by atoms with Gasteiger partial charge in [-0.2, -0.15) is 0 Å². The number of methoxy groups -OCH3 is 1. The first kappa shape index (κ1) is 9.21. The van der Waals surface area contributed by atoms with Crippen molar-refractivity contribution in [1.29, 1.82) is 0 Å². The summed E-state index contributed by atoms with van der Waals surface area (Å²) in [5, 5.41) is 0.883. The van der Waals surface area contributed by atoms with Crippen molar-refractivity contribution in [2.24, 2.45) is 0 Å². The number of ether oxygens (including phenoxy) is 1. The first-order valence-electron chi connectivity index (χ1n) is 3.93. The Morgan fingerprint density at radius 3 is 3.07 bits per heavy atom. The van der Waals surface area contributed by atoms with Gasteiger partial charge in [0.2, 0.25) is 0 Å². The lowest BCUT2D eigenvalue weighted by molar-refractivity contribution is 0.0595. The summed E-state index contributed by atoms with van der Waals surface area (Å²) in [5.41, 5.74) is 1.29. The number of hydrogen-bond acceptors (Lipinski definition) is 3. The second-order valence-electron chi connectivity index (χ2n) is 2.77. The molecule has 0 atom stereocenters. The third kappa shape index (κ3) is 1.50. The van der Waals surface area contributed by atoms with Gasteiger partial charge in [0.25, 0.3) is 0 Å². The molecule has 14 heavy (non-hydrogen) atoms. The third-order valence-electron chi connectivity index (χ3n) is 1.88. The predicted octanol–water partition coefficient (Wildman–Crippen LogP) is 2.11. The molecule has 5 heteroatoms. The van der Waals surface area contributed by atoms with E-state index in [1.54, 1.807) is 12.3 Å². The van der Waals surface area contributed by atoms with Gasteiger partial charge in [-0.15, -0.1) is 0 Å². The smallest absolute Gasteiger partial charge is 0.354 e. The molecule has 0 aliphatic carbocycles. The molecule has 0 unspecified atom stereocenters. The average Bonchev–Trinajstić information content (AvgIpc) is 2.59. The number of nitrogens with zero attached hydrogens (tertiary/aromatic N) is 1. The van der Waals surface area contributed by atoms with Crippen LogP contribution in [0.1, 0.15) is 10.5 Å². The van der Waals surface area contributed by atoms with Crippen molar-refractivity contribution >= 4 is 32.8 Å². The van der Waals surface area contributed by atoms with Gasteiger partial charge in [0.05, 0.1) is 12.6 Å². The number of hydrogen-bond donors (Lipinski definition) is 1. The van der Waals surface area contributed by atoms with E-state index in [1.165, 1.54) is 7.11 Å². The van der Waals surface area contributed by atoms with Crippen LogP contribution in [0.3, 0.4) is 0 Å². The Bertz CT molecular complexity index is 493. The van der Waals surface area contributed by atoms with Crippen LogP contribution in [0.2, 0.25) is 0 Å². The minimum Gasteiger partial charge on any atom is -0.464 e. The van der Waals surface area contributed by atoms with Crippen LogP contribution in [-0.4, -0.2) is 23.0 Å². The molecule has 0 aliphatic rings. The van der Waals surface area contributed by atoms with E-state index in [0.717, 1.165) is 15.5 Å². The van der Waals surface area contributed by atoms with Gasteiger partial charge in [0.15, 0.2) is 0 Å². The Hall–Kier alpha value is -1.36. The van der Waals surface area contributed by atoms with Crippen LogP contribution in [0.15, 0.2) is 22.9 Å². The van der Waals surface area contributed by atoms with E-state index >= 15 is 0 Å². The van der Waals surface area contributed by atoms with Crippen molar-refractivity contribution in [3.8, 4) is 0 Å². The lowest BCUT2D eigenvalue weighted by atomic mass is 10.3. The zero-order valence-electron chi connectivity index (χ0n) is 7.37. The normalized spacial score (nSPS) is 10.4. The van der Waals surface area contributed by atoms with Crippen molar-refractivity contribution in [2.75, 3.05) is 7.11 Å². The van der Waals surface area contributed by atoms with E-state index in [4.69, 9.17) is 0 Å². The summed E-state index contributed by atoms with van der Waals surface area (Å²) in [6, 6.07) is 3.52. The lowest BCUT2D eigenvalue weighted by Crippen LogP contribution is -2.00. The van der Waals surface area contributed by atoms with Crippen LogP contribution in [0.5, 0.6) is 0 Å². The fourth-order valence-electron chi connectivity index (χ4n) is 1.22. The molecule has 2 heterocycles. The zero-order valence-corrected chi connectivity index (χ0v) is 8.96. The number of aromatic amines is 1. The Morgan fingerprint density at radius 1 is 1.57 bits per heavy atom. The van der Waals surface area contributed by atoms with E-state index in [0.29, 0.717) is 5.69 Å². The van der Waals surface area contributed by atoms with Crippen molar-refractivity contribution in [1.82, 2.24) is 9.97 Å². The maximum Gasteiger partial charge on any atom is 0.354 e. The topological polar surface area (TPSA) is 55.0 Å². The summed E-state index contributed by atoms with van der Waals surface area (Å²) in [5.74, 6) is -0.377. The second-order valence-corrected chi connectivity index (χ2v) is 3.58. The van der Waals surface area contributed by atoms with Crippen LogP contribution < -0.4 is 0 Å². The van der Waals surface area contributed by atoms with Gasteiger partial charge in [-0.05, 0) is 28.1 Å². The van der Waals surface area contributed by atoms with Gasteiger partial charge < -0.3 is 9.72 Å². The van der Waals surface area contributed by atoms with Crippen LogP contribution in [0, 0.1) is 0 Å². The summed E-state index contributed by atoms with van der Waals surface area (Å²) in [6.07, 6.45) is 1.68. The molecule has 0 saturated carbocycles. The summed E-state index contributed by atoms with van der Waals surface area (Å²) in [6.45, 7) is 0. The molecule has 4 nitrogen and oxygen atoms in total. The minimum absolute atomic E-state index is 0.377. The Balaban J connectivity index is 2.56. The van der Waals surface area contributed by atoms with Gasteiger partial charge in [-0.1, -0.05) is 0 Å². The number of aromatic nitrogens is 2. The van der Waals surface area contributed by atoms with Gasteiger partial charge >= 0.3 is 5.97 Å². The molecule has 2 rings (SSSR count). The van der Waals surface area contributed by atoms with E-state index < -0.39 is 0 Å². The highest BCUT2D eigenvalue weighted by Crippen LogP contribution is 2.18. The predicted molar refractivity (Wildman–Crippen MR) is 55.1 cm³/mol. The van der Waals surface area contributed by atoms with Crippen molar-refractivity contribution in [2.45, 2.75) is 0 Å². The number of rotatable bonds is 1. The maximum absolute atomic E-state index is 11.2. The molecule has 0 amide bonds. The summed E-state index contributed by atoms with van der Waals surface area (Å²) in [7, 11) is 1.35. The van der Waals surface area contributed by atoms with Gasteiger partial charge in [-0.25, -0.2) is 9.78 Å². The van der Waals surface area contributed by atoms with E-state index in [-0.39, 0.29) is 5.97 Å². The second kappa shape index (κ2) is 3.42. The molecule has 0 fully saturated rings. The van der Waals surface area contributed by atoms with Gasteiger partial charge in [0.1, 0.15) is 10.3 Å². The standard InChI is InChI=1S/C9H7BrN2O2/c1-14-9(13)7-2-5-4-11-8(10)3-6(5)12-7/h2-4,12H,1H3. The fourth-order valence-corrected chi connectivity index (χ4v) is 1.55. The monoisotopic (exact) mass is 254 g/mol. The van der Waals surface area contributed by atoms with E-state index in [2.05, 4.69) is 30.6 Å². The molecule has 0 aromatic carbocycles. The Labute approximate surface area is 88.4 Å². The zero-order chi connectivity index (χ0) is 10.1. The number of H-pyrrole nitrogens is 1. The summed E-state index contributed by atoms with van der Waals surface area (Å²) < 4.78 is 5.32. The van der Waals surface area contributed by atoms with Crippen molar-refractivity contribution < 1.29 is 9.53 Å². The number of pyridine rings is 1. The number of carbonyl (C=O) groups is 1. The van der Waals surface area contributed by atoms with E-state index in [1.807, 2.05) is 6.07 Å². The van der Waals surface area contributed by atoms with Gasteiger partial charge in [-0.3, -0.25) is 0 Å². The highest BCUT2D eigenvalue weighted by molar-refractivity contribution is 9.10. The van der Waals surface area contributed by atoms with E-state index in [9.17, 15) is 4.79 Å². The number of esters is 1. The van der Waals surface area contributed by atoms with Gasteiger partial charge in [0, 0.05) is 11.6 Å². The largest absolute Gasteiger partial charge is 0.464 e. The molecular formula is C9H7BrN2O2.